The zero-order chi connectivity index (χ0) is 11.6. The highest BCUT2D eigenvalue weighted by atomic mass is 32.2. The van der Waals surface area contributed by atoms with Crippen molar-refractivity contribution in [2.45, 2.75) is 13.3 Å². The predicted octanol–water partition coefficient (Wildman–Crippen LogP) is 0.600. The third-order valence-corrected chi connectivity index (χ3v) is 3.24. The number of nitrogens with zero attached hydrogens (tertiary/aromatic N) is 3. The molecule has 0 unspecified atom stereocenters. The van der Waals surface area contributed by atoms with E-state index in [2.05, 4.69) is 10.3 Å². The van der Waals surface area contributed by atoms with Crippen LogP contribution in [0.5, 0.6) is 0 Å². The van der Waals surface area contributed by atoms with Crippen LogP contribution in [-0.4, -0.2) is 29.3 Å². The van der Waals surface area contributed by atoms with Gasteiger partial charge in [0.25, 0.3) is 0 Å². The predicted molar refractivity (Wildman–Crippen MR) is 58.2 cm³/mol. The van der Waals surface area contributed by atoms with Crippen LogP contribution in [0, 0.1) is 0 Å². The van der Waals surface area contributed by atoms with Crippen molar-refractivity contribution in [3.63, 3.8) is 0 Å². The number of hydrogen-bond donors (Lipinski definition) is 0. The fraction of sp³-hybridized carbons (Fsp3) is 0.333. The first kappa shape index (κ1) is 10.9. The maximum atomic E-state index is 11.4. The summed E-state index contributed by atoms with van der Waals surface area (Å²) in [5.41, 5.74) is 1.12. The summed E-state index contributed by atoms with van der Waals surface area (Å²) >= 11 is 0. The van der Waals surface area contributed by atoms with Crippen LogP contribution in [0.2, 0.25) is 0 Å². The molecule has 0 atom stereocenters. The lowest BCUT2D eigenvalue weighted by atomic mass is 10.3. The molecule has 0 saturated carbocycles. The van der Waals surface area contributed by atoms with E-state index in [1.807, 2.05) is 0 Å². The van der Waals surface area contributed by atoms with E-state index in [4.69, 9.17) is 4.28 Å². The van der Waals surface area contributed by atoms with E-state index in [-0.39, 0.29) is 5.75 Å². The molecule has 0 aliphatic carbocycles. The molecule has 0 fully saturated rings. The van der Waals surface area contributed by atoms with Crippen molar-refractivity contribution in [1.82, 2.24) is 15.2 Å². The van der Waals surface area contributed by atoms with Crippen molar-refractivity contribution in [3.8, 4) is 0 Å². The Kier molecular flexibility index (Phi) is 2.78. The van der Waals surface area contributed by atoms with Crippen LogP contribution >= 0.6 is 0 Å². The summed E-state index contributed by atoms with van der Waals surface area (Å²) < 4.78 is 27.7. The van der Waals surface area contributed by atoms with Crippen LogP contribution < -0.4 is 4.28 Å². The van der Waals surface area contributed by atoms with E-state index >= 15 is 0 Å². The molecule has 1 heterocycles. The van der Waals surface area contributed by atoms with E-state index in [1.165, 1.54) is 0 Å². The van der Waals surface area contributed by atoms with Gasteiger partial charge in [-0.25, -0.2) is 0 Å². The molecule has 7 heteroatoms. The first-order valence-corrected chi connectivity index (χ1v) is 6.43. The lowest BCUT2D eigenvalue weighted by molar-refractivity contribution is 0.245. The highest BCUT2D eigenvalue weighted by molar-refractivity contribution is 7.86. The lowest BCUT2D eigenvalue weighted by Gasteiger charge is -2.03. The molecular formula is C9H11N3O3S. The summed E-state index contributed by atoms with van der Waals surface area (Å²) in [6.07, 6.45) is 0.495. The zero-order valence-electron chi connectivity index (χ0n) is 8.70. The van der Waals surface area contributed by atoms with E-state index in [0.29, 0.717) is 17.5 Å². The Balaban J connectivity index is 2.35. The molecule has 0 radical (unpaired) electrons. The first-order chi connectivity index (χ1) is 7.62. The minimum atomic E-state index is -3.59. The topological polar surface area (TPSA) is 74.1 Å². The second-order valence-corrected chi connectivity index (χ2v) is 4.96. The Morgan fingerprint density at radius 1 is 1.38 bits per heavy atom. The number of rotatable bonds is 4. The minimum absolute atomic E-state index is 0.0405. The van der Waals surface area contributed by atoms with Gasteiger partial charge in [0.2, 0.25) is 0 Å². The quantitative estimate of drug-likeness (QED) is 0.783. The molecule has 0 amide bonds. The van der Waals surface area contributed by atoms with Crippen LogP contribution in [0.1, 0.15) is 13.3 Å². The van der Waals surface area contributed by atoms with Gasteiger partial charge in [0.15, 0.2) is 0 Å². The molecule has 2 rings (SSSR count). The third kappa shape index (κ3) is 2.13. The summed E-state index contributed by atoms with van der Waals surface area (Å²) in [6, 6.07) is 6.98. The Morgan fingerprint density at radius 3 is 2.88 bits per heavy atom. The Labute approximate surface area is 92.9 Å². The highest BCUT2D eigenvalue weighted by Crippen LogP contribution is 2.09. The summed E-state index contributed by atoms with van der Waals surface area (Å²) in [4.78, 5) is 0.931. The van der Waals surface area contributed by atoms with Gasteiger partial charge in [0, 0.05) is 0 Å². The van der Waals surface area contributed by atoms with Gasteiger partial charge in [-0.3, -0.25) is 4.28 Å². The molecule has 0 spiro atoms. The molecule has 1 aromatic carbocycles. The van der Waals surface area contributed by atoms with Crippen LogP contribution in [0.15, 0.2) is 24.3 Å². The van der Waals surface area contributed by atoms with Crippen LogP contribution in [-0.2, 0) is 10.1 Å². The van der Waals surface area contributed by atoms with E-state index < -0.39 is 10.1 Å². The maximum Gasteiger partial charge on any atom is 0.328 e. The van der Waals surface area contributed by atoms with Crippen molar-refractivity contribution in [1.29, 1.82) is 0 Å². The normalized spacial score (nSPS) is 11.8. The van der Waals surface area contributed by atoms with Crippen molar-refractivity contribution >= 4 is 21.2 Å². The van der Waals surface area contributed by atoms with Gasteiger partial charge < -0.3 is 0 Å². The van der Waals surface area contributed by atoms with Crippen molar-refractivity contribution in [2.24, 2.45) is 0 Å². The minimum Gasteiger partial charge on any atom is -0.267 e. The van der Waals surface area contributed by atoms with E-state index in [9.17, 15) is 8.42 Å². The van der Waals surface area contributed by atoms with Gasteiger partial charge in [-0.2, -0.15) is 8.42 Å². The molecule has 0 bridgehead atoms. The number of para-hydroxylation sites is 1. The molecule has 0 saturated heterocycles. The van der Waals surface area contributed by atoms with Crippen molar-refractivity contribution < 1.29 is 12.7 Å². The van der Waals surface area contributed by atoms with E-state index in [1.54, 1.807) is 31.2 Å². The van der Waals surface area contributed by atoms with Gasteiger partial charge in [-0.05, 0) is 23.8 Å². The van der Waals surface area contributed by atoms with Crippen LogP contribution in [0.25, 0.3) is 11.0 Å². The Bertz CT molecular complexity index is 591. The van der Waals surface area contributed by atoms with Crippen molar-refractivity contribution in [3.05, 3.63) is 24.3 Å². The van der Waals surface area contributed by atoms with E-state index in [0.717, 1.165) is 4.85 Å². The van der Waals surface area contributed by atoms with Gasteiger partial charge in [-0.15, -0.1) is 5.10 Å². The summed E-state index contributed by atoms with van der Waals surface area (Å²) in [5.74, 6) is -0.0405. The van der Waals surface area contributed by atoms with Crippen LogP contribution in [0.4, 0.5) is 0 Å². The smallest absolute Gasteiger partial charge is 0.267 e. The standard InChI is InChI=1S/C9H11N3O3S/c1-2-7-16(13,14)15-12-9-6-4-3-5-8(9)10-11-12/h3-6H,2,7H2,1H3. The third-order valence-electron chi connectivity index (χ3n) is 1.96. The molecule has 6 nitrogen and oxygen atoms in total. The summed E-state index contributed by atoms with van der Waals surface area (Å²) in [6.45, 7) is 1.76. The Hall–Kier alpha value is -1.63. The average Bonchev–Trinajstić information content (AvgIpc) is 2.61. The molecule has 86 valence electrons. The SMILES string of the molecule is CCCS(=O)(=O)On1nnc2ccccc21. The number of hydrogen-bond acceptors (Lipinski definition) is 5. The zero-order valence-corrected chi connectivity index (χ0v) is 9.51. The molecular weight excluding hydrogens is 230 g/mol. The average molecular weight is 241 g/mol. The number of fused-ring (bicyclic) bond motifs is 1. The molecule has 2 aromatic rings. The summed E-state index contributed by atoms with van der Waals surface area (Å²) in [5, 5.41) is 7.41. The second-order valence-electron chi connectivity index (χ2n) is 3.29. The molecule has 0 aliphatic heterocycles. The number of aromatic nitrogens is 3. The van der Waals surface area contributed by atoms with Gasteiger partial charge in [-0.1, -0.05) is 23.9 Å². The molecule has 16 heavy (non-hydrogen) atoms. The van der Waals surface area contributed by atoms with Crippen molar-refractivity contribution in [2.75, 3.05) is 5.75 Å². The molecule has 0 N–H and O–H groups in total. The molecule has 1 aromatic heterocycles. The maximum absolute atomic E-state index is 11.4. The fourth-order valence-corrected chi connectivity index (χ4v) is 2.20. The van der Waals surface area contributed by atoms with Gasteiger partial charge in [0.1, 0.15) is 11.0 Å². The van der Waals surface area contributed by atoms with Gasteiger partial charge >= 0.3 is 10.1 Å². The summed E-state index contributed by atoms with van der Waals surface area (Å²) in [7, 11) is -3.59. The highest BCUT2D eigenvalue weighted by Gasteiger charge is 2.14. The first-order valence-electron chi connectivity index (χ1n) is 4.85. The van der Waals surface area contributed by atoms with Gasteiger partial charge in [0.05, 0.1) is 5.75 Å². The lowest BCUT2D eigenvalue weighted by Crippen LogP contribution is -2.23. The monoisotopic (exact) mass is 241 g/mol. The number of benzene rings is 1. The largest absolute Gasteiger partial charge is 0.328 e. The van der Waals surface area contributed by atoms with Crippen LogP contribution in [0.3, 0.4) is 0 Å². The fourth-order valence-electron chi connectivity index (χ4n) is 1.30. The second kappa shape index (κ2) is 4.09. The Morgan fingerprint density at radius 2 is 2.12 bits per heavy atom. The molecule has 0 aliphatic rings.